The molecule has 0 radical (unpaired) electrons. The quantitative estimate of drug-likeness (QED) is 0.812. The number of phenols is 1. The van der Waals surface area contributed by atoms with Crippen molar-refractivity contribution in [2.75, 3.05) is 7.11 Å². The Morgan fingerprint density at radius 3 is 2.80 bits per heavy atom. The van der Waals surface area contributed by atoms with Crippen LogP contribution in [0, 0.1) is 0 Å². The van der Waals surface area contributed by atoms with E-state index in [4.69, 9.17) is 9.47 Å². The number of benzene rings is 1. The van der Waals surface area contributed by atoms with E-state index in [2.05, 4.69) is 0 Å². The van der Waals surface area contributed by atoms with Crippen LogP contribution in [0.3, 0.4) is 0 Å². The molecule has 0 saturated heterocycles. The average Bonchev–Trinajstić information content (AvgIpc) is 2.57. The number of ether oxygens (including phenoxy) is 2. The maximum absolute atomic E-state index is 10.0. The number of methoxy groups -OCH3 is 1. The fraction of sp³-hybridized carbons (Fsp3) is 0.500. The highest BCUT2D eigenvalue weighted by molar-refractivity contribution is 5.53. The maximum Gasteiger partial charge on any atom is 0.163 e. The van der Waals surface area contributed by atoms with Crippen LogP contribution in [-0.2, 0) is 4.74 Å². The van der Waals surface area contributed by atoms with Crippen LogP contribution in [0.1, 0.15) is 43.6 Å². The molecule has 3 heteroatoms. The van der Waals surface area contributed by atoms with Crippen LogP contribution in [-0.4, -0.2) is 12.2 Å². The standard InChI is InChI=1S/C12H16O3/c1-4-9-11-8(7(2)15-9)5-6-10(14-3)12(11)13/h5-7,9,13H,4H2,1-3H3/t7-,9+/m1/s1. The molecule has 15 heavy (non-hydrogen) atoms. The fourth-order valence-electron chi connectivity index (χ4n) is 2.15. The molecular weight excluding hydrogens is 192 g/mol. The highest BCUT2D eigenvalue weighted by Gasteiger charge is 2.31. The summed E-state index contributed by atoms with van der Waals surface area (Å²) in [4.78, 5) is 0. The minimum atomic E-state index is -0.00917. The third kappa shape index (κ3) is 1.47. The lowest BCUT2D eigenvalue weighted by Crippen LogP contribution is -1.95. The van der Waals surface area contributed by atoms with Crippen LogP contribution >= 0.6 is 0 Å². The Kier molecular flexibility index (Phi) is 2.57. The molecule has 0 saturated carbocycles. The number of fused-ring (bicyclic) bond motifs is 1. The molecule has 0 spiro atoms. The zero-order valence-corrected chi connectivity index (χ0v) is 9.28. The van der Waals surface area contributed by atoms with E-state index in [0.29, 0.717) is 5.75 Å². The van der Waals surface area contributed by atoms with Crippen LogP contribution in [0.25, 0.3) is 0 Å². The van der Waals surface area contributed by atoms with Gasteiger partial charge in [-0.15, -0.1) is 0 Å². The zero-order chi connectivity index (χ0) is 11.0. The van der Waals surface area contributed by atoms with Gasteiger partial charge < -0.3 is 14.6 Å². The van der Waals surface area contributed by atoms with Crippen molar-refractivity contribution in [2.24, 2.45) is 0 Å². The summed E-state index contributed by atoms with van der Waals surface area (Å²) in [5, 5.41) is 10.0. The molecular formula is C12H16O3. The molecule has 1 aromatic rings. The van der Waals surface area contributed by atoms with E-state index in [1.165, 1.54) is 0 Å². The second-order valence-corrected chi connectivity index (χ2v) is 3.79. The summed E-state index contributed by atoms with van der Waals surface area (Å²) in [6, 6.07) is 3.75. The SMILES string of the molecule is CC[C@@H]1O[C@H](C)c2ccc(OC)c(O)c21. The Morgan fingerprint density at radius 2 is 2.20 bits per heavy atom. The van der Waals surface area contributed by atoms with Crippen LogP contribution in [0.5, 0.6) is 11.5 Å². The topological polar surface area (TPSA) is 38.7 Å². The Labute approximate surface area is 89.6 Å². The molecule has 1 N–H and O–H groups in total. The van der Waals surface area contributed by atoms with Crippen molar-refractivity contribution in [3.8, 4) is 11.5 Å². The van der Waals surface area contributed by atoms with Gasteiger partial charge in [0.2, 0.25) is 0 Å². The molecule has 0 aromatic heterocycles. The summed E-state index contributed by atoms with van der Waals surface area (Å²) in [7, 11) is 1.56. The molecule has 1 aromatic carbocycles. The van der Waals surface area contributed by atoms with Crippen molar-refractivity contribution in [1.82, 2.24) is 0 Å². The first-order chi connectivity index (χ1) is 7.19. The third-order valence-corrected chi connectivity index (χ3v) is 2.93. The second-order valence-electron chi connectivity index (χ2n) is 3.79. The van der Waals surface area contributed by atoms with Gasteiger partial charge in [0.15, 0.2) is 11.5 Å². The number of hydrogen-bond donors (Lipinski definition) is 1. The van der Waals surface area contributed by atoms with Gasteiger partial charge in [0.25, 0.3) is 0 Å². The molecule has 3 nitrogen and oxygen atoms in total. The first-order valence-electron chi connectivity index (χ1n) is 5.24. The van der Waals surface area contributed by atoms with Gasteiger partial charge in [-0.2, -0.15) is 0 Å². The minimum Gasteiger partial charge on any atom is -0.504 e. The Hall–Kier alpha value is -1.22. The molecule has 0 fully saturated rings. The summed E-state index contributed by atoms with van der Waals surface area (Å²) in [5.74, 6) is 0.746. The van der Waals surface area contributed by atoms with E-state index in [0.717, 1.165) is 17.5 Å². The van der Waals surface area contributed by atoms with E-state index in [-0.39, 0.29) is 18.0 Å². The van der Waals surface area contributed by atoms with E-state index in [9.17, 15) is 5.11 Å². The molecule has 0 bridgehead atoms. The summed E-state index contributed by atoms with van der Waals surface area (Å²) in [5.41, 5.74) is 1.96. The first-order valence-corrected chi connectivity index (χ1v) is 5.24. The van der Waals surface area contributed by atoms with Gasteiger partial charge in [0.1, 0.15) is 0 Å². The molecule has 1 heterocycles. The highest BCUT2D eigenvalue weighted by Crippen LogP contribution is 2.48. The van der Waals surface area contributed by atoms with E-state index in [1.807, 2.05) is 19.9 Å². The fourth-order valence-corrected chi connectivity index (χ4v) is 2.15. The number of aromatic hydroxyl groups is 1. The highest BCUT2D eigenvalue weighted by atomic mass is 16.5. The van der Waals surface area contributed by atoms with Crippen LogP contribution < -0.4 is 4.74 Å². The lowest BCUT2D eigenvalue weighted by Gasteiger charge is -2.11. The van der Waals surface area contributed by atoms with E-state index in [1.54, 1.807) is 13.2 Å². The van der Waals surface area contributed by atoms with Crippen molar-refractivity contribution >= 4 is 0 Å². The molecule has 2 rings (SSSR count). The summed E-state index contributed by atoms with van der Waals surface area (Å²) in [6.07, 6.45) is 0.907. The zero-order valence-electron chi connectivity index (χ0n) is 9.28. The second kappa shape index (κ2) is 3.74. The predicted octanol–water partition coefficient (Wildman–Crippen LogP) is 2.94. The van der Waals surface area contributed by atoms with E-state index < -0.39 is 0 Å². The predicted molar refractivity (Wildman–Crippen MR) is 57.2 cm³/mol. The third-order valence-electron chi connectivity index (χ3n) is 2.93. The Morgan fingerprint density at radius 1 is 1.47 bits per heavy atom. The largest absolute Gasteiger partial charge is 0.504 e. The lowest BCUT2D eigenvalue weighted by atomic mass is 9.99. The minimum absolute atomic E-state index is 0.00917. The smallest absolute Gasteiger partial charge is 0.163 e. The van der Waals surface area contributed by atoms with Gasteiger partial charge in [0, 0.05) is 5.56 Å². The summed E-state index contributed by atoms with van der Waals surface area (Å²) in [6.45, 7) is 4.05. The average molecular weight is 208 g/mol. The lowest BCUT2D eigenvalue weighted by molar-refractivity contribution is 0.0192. The number of phenolic OH excluding ortho intramolecular Hbond substituents is 1. The molecule has 1 aliphatic heterocycles. The molecule has 2 atom stereocenters. The normalized spacial score (nSPS) is 23.9. The van der Waals surface area contributed by atoms with Gasteiger partial charge in [-0.3, -0.25) is 0 Å². The summed E-state index contributed by atoms with van der Waals surface area (Å²) >= 11 is 0. The first kappa shape index (κ1) is 10.3. The molecule has 0 unspecified atom stereocenters. The van der Waals surface area contributed by atoms with Gasteiger partial charge in [-0.25, -0.2) is 0 Å². The molecule has 1 aliphatic rings. The van der Waals surface area contributed by atoms with Crippen LogP contribution in [0.4, 0.5) is 0 Å². The van der Waals surface area contributed by atoms with Gasteiger partial charge >= 0.3 is 0 Å². The van der Waals surface area contributed by atoms with Crippen molar-refractivity contribution in [3.05, 3.63) is 23.3 Å². The van der Waals surface area contributed by atoms with Gasteiger partial charge in [0.05, 0.1) is 19.3 Å². The van der Waals surface area contributed by atoms with Crippen molar-refractivity contribution in [3.63, 3.8) is 0 Å². The maximum atomic E-state index is 10.0. The van der Waals surface area contributed by atoms with Crippen molar-refractivity contribution in [2.45, 2.75) is 32.5 Å². The molecule has 82 valence electrons. The summed E-state index contributed by atoms with van der Waals surface area (Å²) < 4.78 is 10.8. The molecule has 0 amide bonds. The van der Waals surface area contributed by atoms with Crippen molar-refractivity contribution < 1.29 is 14.6 Å². The van der Waals surface area contributed by atoms with Crippen LogP contribution in [0.2, 0.25) is 0 Å². The van der Waals surface area contributed by atoms with E-state index >= 15 is 0 Å². The monoisotopic (exact) mass is 208 g/mol. The number of hydrogen-bond acceptors (Lipinski definition) is 3. The van der Waals surface area contributed by atoms with Crippen molar-refractivity contribution in [1.29, 1.82) is 0 Å². The number of rotatable bonds is 2. The van der Waals surface area contributed by atoms with Gasteiger partial charge in [-0.1, -0.05) is 13.0 Å². The Bertz CT molecular complexity index is 373. The molecule has 0 aliphatic carbocycles. The Balaban J connectivity index is 2.55. The van der Waals surface area contributed by atoms with Gasteiger partial charge in [-0.05, 0) is 25.0 Å². The van der Waals surface area contributed by atoms with Crippen LogP contribution in [0.15, 0.2) is 12.1 Å².